The molecule has 4 heteroatoms. The van der Waals surface area contributed by atoms with Crippen molar-refractivity contribution in [2.45, 2.75) is 103 Å². The summed E-state index contributed by atoms with van der Waals surface area (Å²) in [6.07, 6.45) is 12.0. The second kappa shape index (κ2) is 8.13. The average molecular weight is 431 g/mol. The molecule has 0 aromatic carbocycles. The molecule has 31 heavy (non-hydrogen) atoms. The van der Waals surface area contributed by atoms with Crippen molar-refractivity contribution < 1.29 is 19.7 Å². The Bertz CT molecular complexity index is 777. The van der Waals surface area contributed by atoms with Gasteiger partial charge in [0.1, 0.15) is 11.7 Å². The number of hydrogen-bond acceptors (Lipinski definition) is 4. The van der Waals surface area contributed by atoms with Crippen LogP contribution in [0, 0.1) is 23.7 Å². The largest absolute Gasteiger partial charge is 0.392 e. The van der Waals surface area contributed by atoms with Crippen molar-refractivity contribution in [3.63, 3.8) is 0 Å². The van der Waals surface area contributed by atoms with Gasteiger partial charge in [-0.1, -0.05) is 58.8 Å². The van der Waals surface area contributed by atoms with Gasteiger partial charge in [0.2, 0.25) is 0 Å². The van der Waals surface area contributed by atoms with E-state index in [-0.39, 0.29) is 24.5 Å². The molecule has 174 valence electrons. The van der Waals surface area contributed by atoms with E-state index in [0.29, 0.717) is 11.8 Å². The Morgan fingerprint density at radius 1 is 1.13 bits per heavy atom. The van der Waals surface area contributed by atoms with E-state index in [4.69, 9.17) is 9.47 Å². The third-order valence-electron chi connectivity index (χ3n) is 7.66. The highest BCUT2D eigenvalue weighted by Crippen LogP contribution is 2.63. The Labute approximate surface area is 188 Å². The van der Waals surface area contributed by atoms with Crippen LogP contribution in [0.4, 0.5) is 0 Å². The minimum atomic E-state index is -0.766. The maximum Gasteiger partial charge on any atom is 0.165 e. The van der Waals surface area contributed by atoms with Crippen LogP contribution in [0.3, 0.4) is 0 Å². The first-order valence-corrected chi connectivity index (χ1v) is 12.4. The van der Waals surface area contributed by atoms with Crippen LogP contribution in [0.1, 0.15) is 80.1 Å². The molecule has 0 aromatic heterocycles. The third kappa shape index (κ3) is 3.88. The second-order valence-electron chi connectivity index (χ2n) is 11.6. The Morgan fingerprint density at radius 2 is 1.81 bits per heavy atom. The lowest BCUT2D eigenvalue weighted by Crippen LogP contribution is -2.57. The lowest BCUT2D eigenvalue weighted by molar-refractivity contribution is -0.155. The van der Waals surface area contributed by atoms with Crippen LogP contribution in [0.2, 0.25) is 0 Å². The van der Waals surface area contributed by atoms with Gasteiger partial charge in [0, 0.05) is 5.92 Å². The monoisotopic (exact) mass is 430 g/mol. The summed E-state index contributed by atoms with van der Waals surface area (Å²) in [7, 11) is 0. The highest BCUT2D eigenvalue weighted by Gasteiger charge is 2.67. The standard InChI is InChI=1S/C27H42O4/c1-17(2)14-26(29,15-18(3)4)21-12-9-10-19(16-28)22-23-20(21)11-7-8-13-27(23)24(22)30-25(5,6)31-27/h9-10,12,17-18,20-21,24,28-29H,7-8,11,13-16H2,1-6H3/b12-9-,19-10-/t20-,21+,24-,27+/m0/s1. The zero-order valence-corrected chi connectivity index (χ0v) is 20.3. The van der Waals surface area contributed by atoms with Crippen LogP contribution in [0.5, 0.6) is 0 Å². The summed E-state index contributed by atoms with van der Waals surface area (Å²) in [5.74, 6) is 0.426. The van der Waals surface area contributed by atoms with Gasteiger partial charge in [-0.3, -0.25) is 0 Å². The van der Waals surface area contributed by atoms with Gasteiger partial charge in [0.25, 0.3) is 0 Å². The summed E-state index contributed by atoms with van der Waals surface area (Å²) in [6, 6.07) is 0. The molecule has 4 aliphatic rings. The zero-order chi connectivity index (χ0) is 22.6. The third-order valence-corrected chi connectivity index (χ3v) is 7.66. The molecular formula is C27H42O4. The molecule has 2 N–H and O–H groups in total. The van der Waals surface area contributed by atoms with Crippen molar-refractivity contribution in [2.24, 2.45) is 23.7 Å². The summed E-state index contributed by atoms with van der Waals surface area (Å²) < 4.78 is 13.1. The van der Waals surface area contributed by atoms with Crippen LogP contribution < -0.4 is 0 Å². The summed E-state index contributed by atoms with van der Waals surface area (Å²) in [4.78, 5) is 0. The quantitative estimate of drug-likeness (QED) is 0.600. The van der Waals surface area contributed by atoms with Gasteiger partial charge >= 0.3 is 0 Å². The predicted octanol–water partition coefficient (Wildman–Crippen LogP) is 5.31. The minimum absolute atomic E-state index is 0.000809. The molecule has 2 fully saturated rings. The number of fused-ring (bicyclic) bond motifs is 1. The van der Waals surface area contributed by atoms with Crippen molar-refractivity contribution in [3.8, 4) is 0 Å². The molecule has 4 nitrogen and oxygen atoms in total. The van der Waals surface area contributed by atoms with Gasteiger partial charge in [-0.2, -0.15) is 0 Å². The van der Waals surface area contributed by atoms with Crippen LogP contribution in [0.25, 0.3) is 0 Å². The molecule has 0 amide bonds. The van der Waals surface area contributed by atoms with Crippen molar-refractivity contribution in [3.05, 3.63) is 34.9 Å². The molecule has 4 atom stereocenters. The smallest absolute Gasteiger partial charge is 0.165 e. The van der Waals surface area contributed by atoms with E-state index in [1.165, 1.54) is 5.57 Å². The van der Waals surface area contributed by atoms with Gasteiger partial charge in [-0.15, -0.1) is 0 Å². The Hall–Kier alpha value is -0.940. The summed E-state index contributed by atoms with van der Waals surface area (Å²) in [5, 5.41) is 22.4. The Balaban J connectivity index is 1.86. The summed E-state index contributed by atoms with van der Waals surface area (Å²) in [5.41, 5.74) is 2.22. The first-order valence-electron chi connectivity index (χ1n) is 12.4. The zero-order valence-electron chi connectivity index (χ0n) is 20.3. The van der Waals surface area contributed by atoms with E-state index in [2.05, 4.69) is 39.8 Å². The maximum atomic E-state index is 12.2. The molecule has 3 aliphatic carbocycles. The molecule has 1 aliphatic heterocycles. The molecule has 0 bridgehead atoms. The van der Waals surface area contributed by atoms with E-state index >= 15 is 0 Å². The lowest BCUT2D eigenvalue weighted by Gasteiger charge is -2.52. The topological polar surface area (TPSA) is 58.9 Å². The van der Waals surface area contributed by atoms with Crippen molar-refractivity contribution in [2.75, 3.05) is 6.61 Å². The summed E-state index contributed by atoms with van der Waals surface area (Å²) >= 11 is 0. The number of ether oxygens (including phenoxy) is 2. The second-order valence-corrected chi connectivity index (χ2v) is 11.6. The predicted molar refractivity (Wildman–Crippen MR) is 123 cm³/mol. The minimum Gasteiger partial charge on any atom is -0.392 e. The molecule has 1 saturated heterocycles. The van der Waals surface area contributed by atoms with E-state index in [1.54, 1.807) is 0 Å². The first-order chi connectivity index (χ1) is 14.5. The van der Waals surface area contributed by atoms with Gasteiger partial charge in [-0.25, -0.2) is 0 Å². The highest BCUT2D eigenvalue weighted by molar-refractivity contribution is 5.58. The number of allylic oxidation sites excluding steroid dienone is 2. The molecule has 0 aromatic rings. The lowest BCUT2D eigenvalue weighted by atomic mass is 9.57. The van der Waals surface area contributed by atoms with Crippen molar-refractivity contribution in [1.82, 2.24) is 0 Å². The fraction of sp³-hybridized carbons (Fsp3) is 0.778. The number of rotatable bonds is 6. The van der Waals surface area contributed by atoms with Gasteiger partial charge in [0.15, 0.2) is 5.79 Å². The highest BCUT2D eigenvalue weighted by atomic mass is 16.8. The van der Waals surface area contributed by atoms with E-state index in [0.717, 1.165) is 49.7 Å². The number of aliphatic hydroxyl groups is 2. The normalized spacial score (nSPS) is 37.4. The fourth-order valence-electron chi connectivity index (χ4n) is 7.08. The van der Waals surface area contributed by atoms with Gasteiger partial charge in [-0.05, 0) is 74.0 Å². The molecule has 4 rings (SSSR count). The number of hydrogen-bond donors (Lipinski definition) is 2. The molecule has 0 unspecified atom stereocenters. The van der Waals surface area contributed by atoms with E-state index < -0.39 is 17.0 Å². The van der Waals surface area contributed by atoms with Crippen LogP contribution >= 0.6 is 0 Å². The van der Waals surface area contributed by atoms with Crippen LogP contribution in [0.15, 0.2) is 34.9 Å². The van der Waals surface area contributed by atoms with E-state index in [1.807, 2.05) is 19.9 Å². The van der Waals surface area contributed by atoms with E-state index in [9.17, 15) is 10.2 Å². The average Bonchev–Trinajstić information content (AvgIpc) is 2.74. The Morgan fingerprint density at radius 3 is 2.42 bits per heavy atom. The first kappa shape index (κ1) is 23.2. The maximum absolute atomic E-state index is 12.2. The Kier molecular flexibility index (Phi) is 6.09. The summed E-state index contributed by atoms with van der Waals surface area (Å²) in [6.45, 7) is 12.8. The molecule has 1 saturated carbocycles. The van der Waals surface area contributed by atoms with Crippen LogP contribution in [-0.4, -0.2) is 39.9 Å². The fourth-order valence-corrected chi connectivity index (χ4v) is 7.08. The van der Waals surface area contributed by atoms with Crippen molar-refractivity contribution >= 4 is 0 Å². The molecule has 0 radical (unpaired) electrons. The van der Waals surface area contributed by atoms with Crippen LogP contribution in [-0.2, 0) is 9.47 Å². The SMILES string of the molecule is CC(C)CC(O)(CC(C)C)[C@@H]1/C=C\C=C(\CO)C2=C3[C@H]1CCCC[C@@]31OC(C)(C)O[C@@H]21. The van der Waals surface area contributed by atoms with Gasteiger partial charge in [0.05, 0.1) is 12.2 Å². The van der Waals surface area contributed by atoms with Crippen molar-refractivity contribution in [1.29, 1.82) is 0 Å². The van der Waals surface area contributed by atoms with Gasteiger partial charge < -0.3 is 19.7 Å². The molecule has 1 heterocycles. The number of aliphatic hydroxyl groups excluding tert-OH is 1. The molecular weight excluding hydrogens is 388 g/mol. The molecule has 1 spiro atoms.